The van der Waals surface area contributed by atoms with Crippen LogP contribution in [0, 0.1) is 0 Å². The lowest BCUT2D eigenvalue weighted by Crippen LogP contribution is -2.38. The molecule has 1 saturated heterocycles. The molecule has 8 nitrogen and oxygen atoms in total. The summed E-state index contributed by atoms with van der Waals surface area (Å²) >= 11 is 0. The van der Waals surface area contributed by atoms with Gasteiger partial charge < -0.3 is 25.2 Å². The Morgan fingerprint density at radius 3 is 3.05 bits per heavy atom. The van der Waals surface area contributed by atoms with E-state index in [0.717, 1.165) is 0 Å². The maximum atomic E-state index is 14.1. The van der Waals surface area contributed by atoms with Crippen LogP contribution in [0.4, 0.5) is 10.2 Å². The Morgan fingerprint density at radius 1 is 1.65 bits per heavy atom. The number of aliphatic hydroxyl groups is 2. The Balaban J connectivity index is 1.93. The molecule has 0 aliphatic carbocycles. The molecular weight excluding hydrogens is 271 g/mol. The van der Waals surface area contributed by atoms with E-state index in [1.54, 1.807) is 7.05 Å². The van der Waals surface area contributed by atoms with E-state index in [9.17, 15) is 14.3 Å². The van der Waals surface area contributed by atoms with Gasteiger partial charge in [-0.25, -0.2) is 9.37 Å². The zero-order valence-electron chi connectivity index (χ0n) is 10.7. The SMILES string of the molecule is CN1CNc2c(ncn2[C@@H]2O[C@H](CO)[C@@H](O)C2F)C1=O. The van der Waals surface area contributed by atoms with Gasteiger partial charge >= 0.3 is 0 Å². The summed E-state index contributed by atoms with van der Waals surface area (Å²) < 4.78 is 20.7. The number of ether oxygens (including phenoxy) is 1. The van der Waals surface area contributed by atoms with E-state index in [4.69, 9.17) is 9.84 Å². The second-order valence-corrected chi connectivity index (χ2v) is 4.87. The van der Waals surface area contributed by atoms with Crippen molar-refractivity contribution in [3.63, 3.8) is 0 Å². The summed E-state index contributed by atoms with van der Waals surface area (Å²) in [5, 5.41) is 21.6. The molecule has 9 heteroatoms. The van der Waals surface area contributed by atoms with Crippen LogP contribution >= 0.6 is 0 Å². The van der Waals surface area contributed by atoms with Crippen molar-refractivity contribution in [2.24, 2.45) is 0 Å². The number of carbonyl (C=O) groups excluding carboxylic acids is 1. The van der Waals surface area contributed by atoms with Gasteiger partial charge in [-0.3, -0.25) is 9.36 Å². The summed E-state index contributed by atoms with van der Waals surface area (Å²) in [5.41, 5.74) is 0.177. The number of hydrogen-bond acceptors (Lipinski definition) is 6. The molecule has 1 amide bonds. The number of alkyl halides is 1. The molecule has 1 aromatic rings. The number of anilines is 1. The predicted octanol–water partition coefficient (Wildman–Crippen LogP) is -1.07. The van der Waals surface area contributed by atoms with E-state index in [0.29, 0.717) is 5.82 Å². The fourth-order valence-electron chi connectivity index (χ4n) is 2.41. The van der Waals surface area contributed by atoms with Crippen LogP contribution in [-0.2, 0) is 4.74 Å². The van der Waals surface area contributed by atoms with Crippen molar-refractivity contribution in [2.45, 2.75) is 24.6 Å². The van der Waals surface area contributed by atoms with Crippen molar-refractivity contribution in [2.75, 3.05) is 25.6 Å². The number of imidazole rings is 1. The van der Waals surface area contributed by atoms with Crippen LogP contribution in [0.25, 0.3) is 0 Å². The summed E-state index contributed by atoms with van der Waals surface area (Å²) in [4.78, 5) is 17.3. The maximum Gasteiger partial charge on any atom is 0.277 e. The molecule has 20 heavy (non-hydrogen) atoms. The average molecular weight is 286 g/mol. The summed E-state index contributed by atoms with van der Waals surface area (Å²) in [6, 6.07) is 0. The third-order valence-corrected chi connectivity index (χ3v) is 3.57. The van der Waals surface area contributed by atoms with Crippen molar-refractivity contribution < 1.29 is 24.1 Å². The topological polar surface area (TPSA) is 99.9 Å². The summed E-state index contributed by atoms with van der Waals surface area (Å²) in [6.45, 7) is -0.211. The van der Waals surface area contributed by atoms with Crippen molar-refractivity contribution in [3.8, 4) is 0 Å². The third kappa shape index (κ3) is 1.78. The molecule has 0 aromatic carbocycles. The van der Waals surface area contributed by atoms with E-state index in [-0.39, 0.29) is 18.3 Å². The molecule has 3 rings (SSSR count). The van der Waals surface area contributed by atoms with E-state index in [1.165, 1.54) is 15.8 Å². The molecule has 1 fully saturated rings. The molecule has 0 spiro atoms. The Bertz CT molecular complexity index is 536. The number of aliphatic hydroxyl groups excluding tert-OH is 2. The third-order valence-electron chi connectivity index (χ3n) is 3.57. The van der Waals surface area contributed by atoms with Gasteiger partial charge in [0.2, 0.25) is 0 Å². The number of nitrogens with zero attached hydrogens (tertiary/aromatic N) is 3. The van der Waals surface area contributed by atoms with Crippen LogP contribution in [0.3, 0.4) is 0 Å². The first-order valence-electron chi connectivity index (χ1n) is 6.19. The largest absolute Gasteiger partial charge is 0.394 e. The van der Waals surface area contributed by atoms with Crippen LogP contribution in [-0.4, -0.2) is 69.3 Å². The van der Waals surface area contributed by atoms with Gasteiger partial charge in [0.1, 0.15) is 18.0 Å². The normalized spacial score (nSPS) is 33.2. The Labute approximate surface area is 113 Å². The van der Waals surface area contributed by atoms with Gasteiger partial charge in [-0.1, -0.05) is 0 Å². The number of hydrogen-bond donors (Lipinski definition) is 3. The number of halogens is 1. The van der Waals surface area contributed by atoms with Crippen LogP contribution in [0.1, 0.15) is 16.7 Å². The smallest absolute Gasteiger partial charge is 0.277 e. The molecule has 2 aliphatic rings. The van der Waals surface area contributed by atoms with Gasteiger partial charge in [0, 0.05) is 7.05 Å². The van der Waals surface area contributed by atoms with Crippen molar-refractivity contribution in [1.82, 2.24) is 14.5 Å². The van der Waals surface area contributed by atoms with Crippen molar-refractivity contribution in [1.29, 1.82) is 0 Å². The van der Waals surface area contributed by atoms with E-state index >= 15 is 0 Å². The first-order valence-corrected chi connectivity index (χ1v) is 6.19. The summed E-state index contributed by atoms with van der Waals surface area (Å²) in [7, 11) is 1.62. The first kappa shape index (κ1) is 13.3. The predicted molar refractivity (Wildman–Crippen MR) is 64.7 cm³/mol. The quantitative estimate of drug-likeness (QED) is 0.640. The van der Waals surface area contributed by atoms with Crippen molar-refractivity contribution >= 4 is 11.7 Å². The number of rotatable bonds is 2. The second-order valence-electron chi connectivity index (χ2n) is 4.87. The van der Waals surface area contributed by atoms with Crippen LogP contribution in [0.5, 0.6) is 0 Å². The first-order chi connectivity index (χ1) is 9.54. The molecule has 2 aliphatic heterocycles. The summed E-state index contributed by atoms with van der Waals surface area (Å²) in [6.07, 6.45) is -3.94. The second kappa shape index (κ2) is 4.69. The van der Waals surface area contributed by atoms with E-state index in [1.807, 2.05) is 0 Å². The van der Waals surface area contributed by atoms with E-state index in [2.05, 4.69) is 10.3 Å². The highest BCUT2D eigenvalue weighted by atomic mass is 19.1. The molecule has 3 N–H and O–H groups in total. The molecule has 4 atom stereocenters. The van der Waals surface area contributed by atoms with Gasteiger partial charge in [0.15, 0.2) is 18.1 Å². The minimum Gasteiger partial charge on any atom is -0.394 e. The number of carbonyl (C=O) groups is 1. The lowest BCUT2D eigenvalue weighted by Gasteiger charge is -2.26. The molecular formula is C11H15FN4O4. The lowest BCUT2D eigenvalue weighted by atomic mass is 10.1. The van der Waals surface area contributed by atoms with Crippen LogP contribution in [0.15, 0.2) is 6.33 Å². The minimum absolute atomic E-state index is 0.177. The van der Waals surface area contributed by atoms with Crippen molar-refractivity contribution in [3.05, 3.63) is 12.0 Å². The number of fused-ring (bicyclic) bond motifs is 1. The van der Waals surface area contributed by atoms with E-state index < -0.39 is 31.2 Å². The molecule has 0 saturated carbocycles. The van der Waals surface area contributed by atoms with Gasteiger partial charge in [-0.2, -0.15) is 0 Å². The Hall–Kier alpha value is -1.71. The van der Waals surface area contributed by atoms with Gasteiger partial charge in [-0.15, -0.1) is 0 Å². The standard InChI is InChI=1S/C11H15FN4O4/c1-15-3-14-9-7(10(15)19)13-4-16(9)11-6(12)8(18)5(2-17)20-11/h4-6,8,11,14,17-18H,2-3H2,1H3/t5-,6?,8-,11-/m1/s1. The molecule has 1 aromatic heterocycles. The number of amides is 1. The molecule has 0 radical (unpaired) electrons. The highest BCUT2D eigenvalue weighted by Crippen LogP contribution is 2.35. The average Bonchev–Trinajstić information content (AvgIpc) is 2.98. The molecule has 3 heterocycles. The number of aromatic nitrogens is 2. The molecule has 0 bridgehead atoms. The zero-order chi connectivity index (χ0) is 14.4. The van der Waals surface area contributed by atoms with Gasteiger partial charge in [0.05, 0.1) is 19.6 Å². The summed E-state index contributed by atoms with van der Waals surface area (Å²) in [5.74, 6) is 0.0803. The fourth-order valence-corrected chi connectivity index (χ4v) is 2.41. The number of nitrogens with one attached hydrogen (secondary N) is 1. The lowest BCUT2D eigenvalue weighted by molar-refractivity contribution is -0.0466. The fraction of sp³-hybridized carbons (Fsp3) is 0.636. The zero-order valence-corrected chi connectivity index (χ0v) is 10.7. The molecule has 110 valence electrons. The minimum atomic E-state index is -1.71. The Morgan fingerprint density at radius 2 is 2.40 bits per heavy atom. The van der Waals surface area contributed by atoms with Gasteiger partial charge in [0.25, 0.3) is 5.91 Å². The monoisotopic (exact) mass is 286 g/mol. The van der Waals surface area contributed by atoms with Gasteiger partial charge in [-0.05, 0) is 0 Å². The highest BCUT2D eigenvalue weighted by molar-refractivity contribution is 5.98. The van der Waals surface area contributed by atoms with Crippen LogP contribution in [0.2, 0.25) is 0 Å². The maximum absolute atomic E-state index is 14.1. The molecule has 1 unspecified atom stereocenters. The Kier molecular flexibility index (Phi) is 3.11. The highest BCUT2D eigenvalue weighted by Gasteiger charge is 2.46. The van der Waals surface area contributed by atoms with Crippen LogP contribution < -0.4 is 5.32 Å².